The summed E-state index contributed by atoms with van der Waals surface area (Å²) in [5, 5.41) is 4.65. The first-order valence-corrected chi connectivity index (χ1v) is 8.43. The minimum absolute atomic E-state index is 0.433. The molecule has 4 aliphatic rings. The molecular weight excluding hydrogens is 246 g/mol. The average molecular weight is 273 g/mol. The van der Waals surface area contributed by atoms with Crippen molar-refractivity contribution < 1.29 is 0 Å². The van der Waals surface area contributed by atoms with Crippen LogP contribution in [0.1, 0.15) is 63.5 Å². The van der Waals surface area contributed by atoms with Crippen molar-refractivity contribution in [3.8, 4) is 0 Å². The molecule has 1 unspecified atom stereocenters. The molecule has 4 aliphatic carbocycles. The fourth-order valence-electron chi connectivity index (χ4n) is 5.69. The van der Waals surface area contributed by atoms with Crippen LogP contribution in [0.25, 0.3) is 0 Å². The Labute approximate surface area is 121 Å². The lowest BCUT2D eigenvalue weighted by atomic mass is 9.48. The molecule has 1 aromatic rings. The zero-order valence-electron chi connectivity index (χ0n) is 12.6. The van der Waals surface area contributed by atoms with E-state index in [0.29, 0.717) is 11.5 Å². The van der Waals surface area contributed by atoms with Gasteiger partial charge in [-0.2, -0.15) is 5.10 Å². The third kappa shape index (κ3) is 1.93. The summed E-state index contributed by atoms with van der Waals surface area (Å²) >= 11 is 0. The van der Waals surface area contributed by atoms with Gasteiger partial charge < -0.3 is 5.73 Å². The molecule has 5 rings (SSSR count). The highest BCUT2D eigenvalue weighted by Gasteiger charge is 2.52. The maximum atomic E-state index is 5.68. The molecule has 4 bridgehead atoms. The van der Waals surface area contributed by atoms with E-state index in [2.05, 4.69) is 29.1 Å². The van der Waals surface area contributed by atoms with Crippen molar-refractivity contribution in [2.45, 2.75) is 63.3 Å². The quantitative estimate of drug-likeness (QED) is 0.915. The van der Waals surface area contributed by atoms with Gasteiger partial charge >= 0.3 is 0 Å². The summed E-state index contributed by atoms with van der Waals surface area (Å²) in [5.41, 5.74) is 7.69. The molecule has 3 heteroatoms. The topological polar surface area (TPSA) is 43.8 Å². The van der Waals surface area contributed by atoms with E-state index in [1.165, 1.54) is 44.1 Å². The van der Waals surface area contributed by atoms with Crippen molar-refractivity contribution in [3.63, 3.8) is 0 Å². The minimum atomic E-state index is 0.433. The summed E-state index contributed by atoms with van der Waals surface area (Å²) in [6.45, 7) is 2.97. The summed E-state index contributed by atoms with van der Waals surface area (Å²) in [5.74, 6) is 3.02. The standard InChI is InChI=1S/C17H27N3/c1-12(2-3-18)20-11-16(10-19-20)17-7-13-4-14(8-17)6-15(5-13)9-17/h10-15H,2-9,18H2,1H3. The second kappa shape index (κ2) is 4.59. The van der Waals surface area contributed by atoms with Crippen molar-refractivity contribution in [2.24, 2.45) is 23.5 Å². The molecular formula is C17H27N3. The van der Waals surface area contributed by atoms with Crippen LogP contribution in [-0.4, -0.2) is 16.3 Å². The highest BCUT2D eigenvalue weighted by Crippen LogP contribution is 2.60. The minimum Gasteiger partial charge on any atom is -0.330 e. The fourth-order valence-corrected chi connectivity index (χ4v) is 5.69. The van der Waals surface area contributed by atoms with Gasteiger partial charge in [-0.15, -0.1) is 0 Å². The third-order valence-corrected chi connectivity index (χ3v) is 6.29. The van der Waals surface area contributed by atoms with Gasteiger partial charge in [-0.1, -0.05) is 0 Å². The van der Waals surface area contributed by atoms with Gasteiger partial charge in [0.15, 0.2) is 0 Å². The van der Waals surface area contributed by atoms with Gasteiger partial charge in [-0.3, -0.25) is 4.68 Å². The van der Waals surface area contributed by atoms with Crippen molar-refractivity contribution in [1.82, 2.24) is 9.78 Å². The van der Waals surface area contributed by atoms with E-state index in [1.54, 1.807) is 0 Å². The molecule has 4 saturated carbocycles. The number of aromatic nitrogens is 2. The van der Waals surface area contributed by atoms with Crippen LogP contribution in [0, 0.1) is 17.8 Å². The van der Waals surface area contributed by atoms with E-state index >= 15 is 0 Å². The Kier molecular flexibility index (Phi) is 2.95. The summed E-state index contributed by atoms with van der Waals surface area (Å²) in [6.07, 6.45) is 14.3. The summed E-state index contributed by atoms with van der Waals surface area (Å²) in [7, 11) is 0. The van der Waals surface area contributed by atoms with Gasteiger partial charge in [0.2, 0.25) is 0 Å². The molecule has 4 fully saturated rings. The Morgan fingerprint density at radius 2 is 1.85 bits per heavy atom. The zero-order valence-corrected chi connectivity index (χ0v) is 12.6. The maximum absolute atomic E-state index is 5.68. The normalized spacial score (nSPS) is 40.2. The monoisotopic (exact) mass is 273 g/mol. The van der Waals surface area contributed by atoms with Gasteiger partial charge in [-0.05, 0) is 87.1 Å². The predicted octanol–water partition coefficient (Wildman–Crippen LogP) is 3.26. The van der Waals surface area contributed by atoms with Crippen LogP contribution in [0.2, 0.25) is 0 Å². The molecule has 20 heavy (non-hydrogen) atoms. The first kappa shape index (κ1) is 12.9. The lowest BCUT2D eigenvalue weighted by molar-refractivity contribution is -0.00524. The van der Waals surface area contributed by atoms with Crippen LogP contribution < -0.4 is 5.73 Å². The number of nitrogens with two attached hydrogens (primary N) is 1. The predicted molar refractivity (Wildman–Crippen MR) is 80.5 cm³/mol. The van der Waals surface area contributed by atoms with Gasteiger partial charge in [0.05, 0.1) is 12.2 Å². The molecule has 0 amide bonds. The highest BCUT2D eigenvalue weighted by molar-refractivity contribution is 5.25. The Morgan fingerprint density at radius 1 is 1.25 bits per heavy atom. The van der Waals surface area contributed by atoms with E-state index in [4.69, 9.17) is 5.73 Å². The first-order valence-electron chi connectivity index (χ1n) is 8.43. The number of hydrogen-bond donors (Lipinski definition) is 1. The second-order valence-electron chi connectivity index (χ2n) is 7.83. The van der Waals surface area contributed by atoms with Crippen LogP contribution in [-0.2, 0) is 5.41 Å². The summed E-state index contributed by atoms with van der Waals surface area (Å²) in [4.78, 5) is 0. The molecule has 110 valence electrons. The van der Waals surface area contributed by atoms with Crippen LogP contribution in [0.3, 0.4) is 0 Å². The Bertz CT molecular complexity index is 455. The van der Waals surface area contributed by atoms with Crippen molar-refractivity contribution >= 4 is 0 Å². The number of hydrogen-bond acceptors (Lipinski definition) is 2. The van der Waals surface area contributed by atoms with Crippen LogP contribution in [0.15, 0.2) is 12.4 Å². The maximum Gasteiger partial charge on any atom is 0.0527 e. The molecule has 0 radical (unpaired) electrons. The number of rotatable bonds is 4. The van der Waals surface area contributed by atoms with Crippen LogP contribution >= 0.6 is 0 Å². The molecule has 0 aliphatic heterocycles. The Morgan fingerprint density at radius 3 is 2.40 bits per heavy atom. The average Bonchev–Trinajstić information content (AvgIpc) is 2.87. The molecule has 0 spiro atoms. The van der Waals surface area contributed by atoms with Crippen molar-refractivity contribution in [3.05, 3.63) is 18.0 Å². The van der Waals surface area contributed by atoms with Crippen molar-refractivity contribution in [1.29, 1.82) is 0 Å². The molecule has 1 heterocycles. The zero-order chi connectivity index (χ0) is 13.7. The second-order valence-corrected chi connectivity index (χ2v) is 7.83. The molecule has 0 saturated heterocycles. The van der Waals surface area contributed by atoms with Gasteiger partial charge in [0, 0.05) is 6.20 Å². The highest BCUT2D eigenvalue weighted by atomic mass is 15.3. The SMILES string of the molecule is CC(CCN)n1cc(C23CC4CC(CC(C4)C2)C3)cn1. The van der Waals surface area contributed by atoms with Gasteiger partial charge in [-0.25, -0.2) is 0 Å². The van der Waals surface area contributed by atoms with Crippen LogP contribution in [0.4, 0.5) is 0 Å². The third-order valence-electron chi connectivity index (χ3n) is 6.29. The Balaban J connectivity index is 1.61. The number of nitrogens with zero attached hydrogens (tertiary/aromatic N) is 2. The largest absolute Gasteiger partial charge is 0.330 e. The van der Waals surface area contributed by atoms with Gasteiger partial charge in [0.1, 0.15) is 0 Å². The molecule has 1 aromatic heterocycles. The van der Waals surface area contributed by atoms with Gasteiger partial charge in [0.25, 0.3) is 0 Å². The van der Waals surface area contributed by atoms with E-state index in [9.17, 15) is 0 Å². The summed E-state index contributed by atoms with van der Waals surface area (Å²) < 4.78 is 2.15. The lowest BCUT2D eigenvalue weighted by Gasteiger charge is -2.56. The van der Waals surface area contributed by atoms with E-state index < -0.39 is 0 Å². The molecule has 3 nitrogen and oxygen atoms in total. The first-order chi connectivity index (χ1) is 9.68. The van der Waals surface area contributed by atoms with E-state index in [0.717, 1.165) is 30.7 Å². The smallest absolute Gasteiger partial charge is 0.0527 e. The molecule has 0 aromatic carbocycles. The van der Waals surface area contributed by atoms with E-state index in [-0.39, 0.29) is 0 Å². The van der Waals surface area contributed by atoms with Crippen molar-refractivity contribution in [2.75, 3.05) is 6.54 Å². The molecule has 2 N–H and O–H groups in total. The molecule has 1 atom stereocenters. The summed E-state index contributed by atoms with van der Waals surface area (Å²) in [6, 6.07) is 0.433. The van der Waals surface area contributed by atoms with E-state index in [1.807, 2.05) is 0 Å². The fraction of sp³-hybridized carbons (Fsp3) is 0.824. The van der Waals surface area contributed by atoms with Crippen LogP contribution in [0.5, 0.6) is 0 Å². The Hall–Kier alpha value is -0.830. The lowest BCUT2D eigenvalue weighted by Crippen LogP contribution is -2.48.